The van der Waals surface area contributed by atoms with Gasteiger partial charge in [-0.2, -0.15) is 5.10 Å². The third-order valence-electron chi connectivity index (χ3n) is 4.12. The topological polar surface area (TPSA) is 92.2 Å². The Morgan fingerprint density at radius 3 is 2.78 bits per heavy atom. The summed E-state index contributed by atoms with van der Waals surface area (Å²) in [6.07, 6.45) is 6.60. The highest BCUT2D eigenvalue weighted by Crippen LogP contribution is 2.28. The molecule has 27 heavy (non-hydrogen) atoms. The summed E-state index contributed by atoms with van der Waals surface area (Å²) in [4.78, 5) is 30.0. The van der Waals surface area contributed by atoms with Crippen LogP contribution < -0.4 is 15.5 Å². The van der Waals surface area contributed by atoms with Gasteiger partial charge in [0.2, 0.25) is 0 Å². The van der Waals surface area contributed by atoms with Crippen LogP contribution in [-0.2, 0) is 0 Å². The minimum Gasteiger partial charge on any atom is -0.336 e. The van der Waals surface area contributed by atoms with Crippen molar-refractivity contribution in [3.63, 3.8) is 0 Å². The van der Waals surface area contributed by atoms with Gasteiger partial charge in [0, 0.05) is 31.0 Å². The van der Waals surface area contributed by atoms with Gasteiger partial charge in [-0.3, -0.25) is 14.7 Å². The predicted molar refractivity (Wildman–Crippen MR) is 102 cm³/mol. The average molecular weight is 383 g/mol. The smallest absolute Gasteiger partial charge is 0.322 e. The Morgan fingerprint density at radius 2 is 2.04 bits per heavy atom. The number of halogens is 1. The fraction of sp³-hybridized carbons (Fsp3) is 0.111. The summed E-state index contributed by atoms with van der Waals surface area (Å²) in [6.45, 7) is 1.04. The minimum atomic E-state index is -0.318. The maximum absolute atomic E-state index is 12.6. The maximum Gasteiger partial charge on any atom is 0.322 e. The van der Waals surface area contributed by atoms with Crippen LogP contribution in [-0.4, -0.2) is 39.8 Å². The molecule has 3 heterocycles. The number of carbonyl (C=O) groups excluding carboxylic acids is 2. The third kappa shape index (κ3) is 3.47. The Labute approximate surface area is 159 Å². The van der Waals surface area contributed by atoms with Gasteiger partial charge in [0.1, 0.15) is 0 Å². The number of aromatic nitrogens is 3. The van der Waals surface area contributed by atoms with Crippen molar-refractivity contribution in [1.82, 2.24) is 20.1 Å². The Balaban J connectivity index is 1.54. The van der Waals surface area contributed by atoms with E-state index in [1.807, 2.05) is 12.1 Å². The molecule has 2 aromatic heterocycles. The molecule has 0 atom stereocenters. The molecule has 3 amide bonds. The van der Waals surface area contributed by atoms with Crippen molar-refractivity contribution in [3.05, 3.63) is 65.7 Å². The highest BCUT2D eigenvalue weighted by Gasteiger charge is 2.24. The molecule has 0 radical (unpaired) electrons. The van der Waals surface area contributed by atoms with Crippen LogP contribution in [0.5, 0.6) is 0 Å². The van der Waals surface area contributed by atoms with Gasteiger partial charge in [-0.1, -0.05) is 11.6 Å². The molecule has 0 unspecified atom stereocenters. The average Bonchev–Trinajstić information content (AvgIpc) is 3.32. The van der Waals surface area contributed by atoms with E-state index in [9.17, 15) is 9.59 Å². The molecule has 1 saturated heterocycles. The van der Waals surface area contributed by atoms with Gasteiger partial charge in [-0.25, -0.2) is 9.48 Å². The minimum absolute atomic E-state index is 0.229. The van der Waals surface area contributed by atoms with E-state index in [0.29, 0.717) is 35.1 Å². The number of rotatable bonds is 4. The zero-order chi connectivity index (χ0) is 18.8. The fourth-order valence-electron chi connectivity index (χ4n) is 2.79. The number of urea groups is 1. The van der Waals surface area contributed by atoms with E-state index in [-0.39, 0.29) is 11.9 Å². The molecule has 9 heteroatoms. The SMILES string of the molecule is O=C(Nc1cnn(-c2ccncc2)c1)c1ccc(Cl)c(N2CCNC2=O)c1. The van der Waals surface area contributed by atoms with Crippen LogP contribution in [0.3, 0.4) is 0 Å². The van der Waals surface area contributed by atoms with Crippen LogP contribution in [0.2, 0.25) is 5.02 Å². The molecular formula is C18H15ClN6O2. The number of nitrogens with one attached hydrogen (secondary N) is 2. The molecule has 1 aromatic carbocycles. The lowest BCUT2D eigenvalue weighted by Gasteiger charge is -2.16. The molecule has 4 rings (SSSR count). The summed E-state index contributed by atoms with van der Waals surface area (Å²) in [5, 5.41) is 10.2. The summed E-state index contributed by atoms with van der Waals surface area (Å²) in [7, 11) is 0. The van der Waals surface area contributed by atoms with E-state index < -0.39 is 0 Å². The normalized spacial score (nSPS) is 13.5. The first-order chi connectivity index (χ1) is 13.1. The Hall–Kier alpha value is -3.39. The van der Waals surface area contributed by atoms with Crippen molar-refractivity contribution in [2.24, 2.45) is 0 Å². The van der Waals surface area contributed by atoms with Crippen LogP contribution in [0.15, 0.2) is 55.1 Å². The molecule has 0 spiro atoms. The summed E-state index contributed by atoms with van der Waals surface area (Å²) in [5.41, 5.74) is 2.28. The van der Waals surface area contributed by atoms with E-state index in [2.05, 4.69) is 20.7 Å². The van der Waals surface area contributed by atoms with E-state index in [1.54, 1.807) is 47.7 Å². The van der Waals surface area contributed by atoms with Crippen LogP contribution >= 0.6 is 11.6 Å². The molecule has 3 aromatic rings. The standard InChI is InChI=1S/C18H15ClN6O2/c19-15-2-1-12(9-16(15)24-8-7-21-18(24)27)17(26)23-13-10-22-25(11-13)14-3-5-20-6-4-14/h1-6,9-11H,7-8H2,(H,21,27)(H,23,26). The lowest BCUT2D eigenvalue weighted by molar-refractivity contribution is 0.102. The lowest BCUT2D eigenvalue weighted by atomic mass is 10.1. The molecule has 0 aliphatic carbocycles. The van der Waals surface area contributed by atoms with Gasteiger partial charge < -0.3 is 10.6 Å². The second-order valence-corrected chi connectivity index (χ2v) is 6.29. The summed E-state index contributed by atoms with van der Waals surface area (Å²) < 4.78 is 1.64. The second-order valence-electron chi connectivity index (χ2n) is 5.88. The largest absolute Gasteiger partial charge is 0.336 e. The zero-order valence-electron chi connectivity index (χ0n) is 14.1. The van der Waals surface area contributed by atoms with Crippen LogP contribution in [0.25, 0.3) is 5.69 Å². The number of pyridine rings is 1. The van der Waals surface area contributed by atoms with Gasteiger partial charge in [0.05, 0.1) is 34.5 Å². The van der Waals surface area contributed by atoms with Crippen molar-refractivity contribution in [2.75, 3.05) is 23.3 Å². The number of benzene rings is 1. The van der Waals surface area contributed by atoms with E-state index in [0.717, 1.165) is 5.69 Å². The lowest BCUT2D eigenvalue weighted by Crippen LogP contribution is -2.28. The van der Waals surface area contributed by atoms with Gasteiger partial charge in [-0.05, 0) is 30.3 Å². The first-order valence-electron chi connectivity index (χ1n) is 8.23. The first-order valence-corrected chi connectivity index (χ1v) is 8.61. The number of anilines is 2. The Morgan fingerprint density at radius 1 is 1.22 bits per heavy atom. The molecule has 0 bridgehead atoms. The van der Waals surface area contributed by atoms with Gasteiger partial charge >= 0.3 is 6.03 Å². The molecule has 1 fully saturated rings. The molecule has 2 N–H and O–H groups in total. The van der Waals surface area contributed by atoms with Gasteiger partial charge in [0.15, 0.2) is 0 Å². The van der Waals surface area contributed by atoms with Gasteiger partial charge in [0.25, 0.3) is 5.91 Å². The van der Waals surface area contributed by atoms with Crippen molar-refractivity contribution in [1.29, 1.82) is 0 Å². The number of hydrogen-bond donors (Lipinski definition) is 2. The molecule has 1 aliphatic rings. The van der Waals surface area contributed by atoms with E-state index >= 15 is 0 Å². The monoisotopic (exact) mass is 382 g/mol. The first kappa shape index (κ1) is 17.0. The second kappa shape index (κ2) is 7.08. The quantitative estimate of drug-likeness (QED) is 0.725. The number of carbonyl (C=O) groups is 2. The fourth-order valence-corrected chi connectivity index (χ4v) is 3.01. The molecule has 0 saturated carbocycles. The van der Waals surface area contributed by atoms with E-state index in [1.165, 1.54) is 4.90 Å². The Kier molecular flexibility index (Phi) is 4.47. The highest BCUT2D eigenvalue weighted by molar-refractivity contribution is 6.34. The molecule has 1 aliphatic heterocycles. The molecule has 136 valence electrons. The maximum atomic E-state index is 12.6. The van der Waals surface area contributed by atoms with Crippen molar-refractivity contribution in [2.45, 2.75) is 0 Å². The predicted octanol–water partition coefficient (Wildman–Crippen LogP) is 2.70. The Bertz CT molecular complexity index is 1000. The zero-order valence-corrected chi connectivity index (χ0v) is 14.8. The van der Waals surface area contributed by atoms with E-state index in [4.69, 9.17) is 11.6 Å². The summed E-state index contributed by atoms with van der Waals surface area (Å²) in [5.74, 6) is -0.318. The number of hydrogen-bond acceptors (Lipinski definition) is 4. The van der Waals surface area contributed by atoms with Gasteiger partial charge in [-0.15, -0.1) is 0 Å². The molecule has 8 nitrogen and oxygen atoms in total. The summed E-state index contributed by atoms with van der Waals surface area (Å²) in [6, 6.07) is 8.22. The number of nitrogens with zero attached hydrogens (tertiary/aromatic N) is 4. The van der Waals surface area contributed by atoms with Crippen molar-refractivity contribution >= 4 is 34.9 Å². The molecular weight excluding hydrogens is 368 g/mol. The highest BCUT2D eigenvalue weighted by atomic mass is 35.5. The number of amides is 3. The van der Waals surface area contributed by atoms with Crippen molar-refractivity contribution in [3.8, 4) is 5.69 Å². The summed E-state index contributed by atoms with van der Waals surface area (Å²) >= 11 is 6.21. The third-order valence-corrected chi connectivity index (χ3v) is 4.44. The van der Waals surface area contributed by atoms with Crippen LogP contribution in [0.4, 0.5) is 16.2 Å². The van der Waals surface area contributed by atoms with Crippen LogP contribution in [0.1, 0.15) is 10.4 Å². The van der Waals surface area contributed by atoms with Crippen LogP contribution in [0, 0.1) is 0 Å². The van der Waals surface area contributed by atoms with Crippen molar-refractivity contribution < 1.29 is 9.59 Å².